The SMILES string of the molecule is C=CC(C)(C)CC(C)CCO. The van der Waals surface area contributed by atoms with Crippen LogP contribution in [0.15, 0.2) is 12.7 Å². The Bertz CT molecular complexity index is 116. The fourth-order valence-corrected chi connectivity index (χ4v) is 1.30. The van der Waals surface area contributed by atoms with Crippen LogP contribution in [0.4, 0.5) is 0 Å². The van der Waals surface area contributed by atoms with Crippen LogP contribution in [0, 0.1) is 11.3 Å². The van der Waals surface area contributed by atoms with Gasteiger partial charge in [0.2, 0.25) is 0 Å². The Kier molecular flexibility index (Phi) is 4.43. The van der Waals surface area contributed by atoms with Crippen molar-refractivity contribution in [2.24, 2.45) is 11.3 Å². The fraction of sp³-hybridized carbons (Fsp3) is 0.800. The number of rotatable bonds is 5. The van der Waals surface area contributed by atoms with Crippen molar-refractivity contribution in [2.45, 2.75) is 33.6 Å². The molecule has 0 saturated carbocycles. The maximum atomic E-state index is 8.68. The summed E-state index contributed by atoms with van der Waals surface area (Å²) in [4.78, 5) is 0. The molecule has 1 heteroatoms. The molecule has 0 saturated heterocycles. The standard InChI is InChI=1S/C10H20O/c1-5-10(3,4)8-9(2)6-7-11/h5,9,11H,1,6-8H2,2-4H3. The number of allylic oxidation sites excluding steroid dienone is 1. The molecular weight excluding hydrogens is 136 g/mol. The van der Waals surface area contributed by atoms with Crippen molar-refractivity contribution in [3.8, 4) is 0 Å². The lowest BCUT2D eigenvalue weighted by molar-refractivity contribution is 0.237. The van der Waals surface area contributed by atoms with E-state index in [0.717, 1.165) is 12.8 Å². The van der Waals surface area contributed by atoms with Gasteiger partial charge in [-0.3, -0.25) is 0 Å². The Morgan fingerprint density at radius 2 is 2.09 bits per heavy atom. The van der Waals surface area contributed by atoms with Crippen molar-refractivity contribution in [1.82, 2.24) is 0 Å². The average Bonchev–Trinajstić information content (AvgIpc) is 1.87. The monoisotopic (exact) mass is 156 g/mol. The Morgan fingerprint density at radius 3 is 2.45 bits per heavy atom. The Labute approximate surface area is 70.1 Å². The zero-order valence-electron chi connectivity index (χ0n) is 7.93. The van der Waals surface area contributed by atoms with E-state index in [2.05, 4.69) is 27.4 Å². The highest BCUT2D eigenvalue weighted by Crippen LogP contribution is 2.27. The summed E-state index contributed by atoms with van der Waals surface area (Å²) in [6.07, 6.45) is 4.00. The quantitative estimate of drug-likeness (QED) is 0.607. The van der Waals surface area contributed by atoms with E-state index < -0.39 is 0 Å². The number of aliphatic hydroxyl groups is 1. The summed E-state index contributed by atoms with van der Waals surface area (Å²) in [5.41, 5.74) is 0.217. The van der Waals surface area contributed by atoms with E-state index in [4.69, 9.17) is 5.11 Å². The molecule has 0 bridgehead atoms. The lowest BCUT2D eigenvalue weighted by atomic mass is 9.82. The van der Waals surface area contributed by atoms with E-state index in [0.29, 0.717) is 12.5 Å². The molecule has 1 unspecified atom stereocenters. The smallest absolute Gasteiger partial charge is 0.0433 e. The third-order valence-corrected chi connectivity index (χ3v) is 2.05. The molecule has 11 heavy (non-hydrogen) atoms. The minimum absolute atomic E-state index is 0.217. The van der Waals surface area contributed by atoms with Crippen molar-refractivity contribution in [2.75, 3.05) is 6.61 Å². The van der Waals surface area contributed by atoms with Crippen LogP contribution in [0.3, 0.4) is 0 Å². The average molecular weight is 156 g/mol. The molecule has 0 radical (unpaired) electrons. The molecule has 1 atom stereocenters. The topological polar surface area (TPSA) is 20.2 Å². The molecule has 0 rings (SSSR count). The minimum Gasteiger partial charge on any atom is -0.396 e. The highest BCUT2D eigenvalue weighted by Gasteiger charge is 2.16. The van der Waals surface area contributed by atoms with Gasteiger partial charge in [0.05, 0.1) is 0 Å². The van der Waals surface area contributed by atoms with Crippen molar-refractivity contribution < 1.29 is 5.11 Å². The largest absolute Gasteiger partial charge is 0.396 e. The van der Waals surface area contributed by atoms with E-state index in [1.54, 1.807) is 0 Å². The lowest BCUT2D eigenvalue weighted by Crippen LogP contribution is -2.13. The predicted molar refractivity (Wildman–Crippen MR) is 49.5 cm³/mol. The van der Waals surface area contributed by atoms with Gasteiger partial charge < -0.3 is 5.11 Å². The van der Waals surface area contributed by atoms with Gasteiger partial charge in [-0.15, -0.1) is 6.58 Å². The Morgan fingerprint density at radius 1 is 1.55 bits per heavy atom. The van der Waals surface area contributed by atoms with Gasteiger partial charge in [-0.2, -0.15) is 0 Å². The zero-order chi connectivity index (χ0) is 8.91. The van der Waals surface area contributed by atoms with Gasteiger partial charge in [-0.25, -0.2) is 0 Å². The van der Waals surface area contributed by atoms with Gasteiger partial charge in [0.1, 0.15) is 0 Å². The van der Waals surface area contributed by atoms with Crippen LogP contribution in [0.2, 0.25) is 0 Å². The van der Waals surface area contributed by atoms with E-state index in [-0.39, 0.29) is 5.41 Å². The highest BCUT2D eigenvalue weighted by atomic mass is 16.3. The molecule has 0 aliphatic rings. The molecule has 0 aliphatic carbocycles. The van der Waals surface area contributed by atoms with Crippen LogP contribution in [0.5, 0.6) is 0 Å². The second kappa shape index (κ2) is 4.55. The van der Waals surface area contributed by atoms with E-state index in [9.17, 15) is 0 Å². The molecule has 0 aliphatic heterocycles. The fourth-order valence-electron chi connectivity index (χ4n) is 1.30. The van der Waals surface area contributed by atoms with Crippen LogP contribution in [-0.2, 0) is 0 Å². The molecule has 66 valence electrons. The molecular formula is C10H20O. The second-order valence-corrected chi connectivity index (χ2v) is 4.01. The van der Waals surface area contributed by atoms with Crippen LogP contribution >= 0.6 is 0 Å². The molecule has 0 aromatic heterocycles. The summed E-state index contributed by atoms with van der Waals surface area (Å²) in [6, 6.07) is 0. The first-order valence-corrected chi connectivity index (χ1v) is 4.26. The summed E-state index contributed by atoms with van der Waals surface area (Å²) < 4.78 is 0. The molecule has 0 fully saturated rings. The van der Waals surface area contributed by atoms with Crippen molar-refractivity contribution in [3.63, 3.8) is 0 Å². The van der Waals surface area contributed by atoms with Crippen LogP contribution < -0.4 is 0 Å². The molecule has 0 aromatic carbocycles. The molecule has 0 spiro atoms. The minimum atomic E-state index is 0.217. The van der Waals surface area contributed by atoms with Crippen LogP contribution in [0.25, 0.3) is 0 Å². The van der Waals surface area contributed by atoms with Crippen molar-refractivity contribution in [3.05, 3.63) is 12.7 Å². The van der Waals surface area contributed by atoms with Crippen LogP contribution in [-0.4, -0.2) is 11.7 Å². The summed E-state index contributed by atoms with van der Waals surface area (Å²) in [6.45, 7) is 10.6. The third-order valence-electron chi connectivity index (χ3n) is 2.05. The summed E-state index contributed by atoms with van der Waals surface area (Å²) in [7, 11) is 0. The summed E-state index contributed by atoms with van der Waals surface area (Å²) in [5.74, 6) is 0.591. The lowest BCUT2D eigenvalue weighted by Gasteiger charge is -2.23. The molecule has 0 aromatic rings. The normalized spacial score (nSPS) is 14.5. The maximum Gasteiger partial charge on any atom is 0.0433 e. The molecule has 1 N–H and O–H groups in total. The van der Waals surface area contributed by atoms with Gasteiger partial charge in [-0.05, 0) is 24.2 Å². The maximum absolute atomic E-state index is 8.68. The number of aliphatic hydroxyl groups excluding tert-OH is 1. The van der Waals surface area contributed by atoms with Crippen molar-refractivity contribution in [1.29, 1.82) is 0 Å². The van der Waals surface area contributed by atoms with Gasteiger partial charge >= 0.3 is 0 Å². The molecule has 1 nitrogen and oxygen atoms in total. The molecule has 0 amide bonds. The summed E-state index contributed by atoms with van der Waals surface area (Å²) in [5, 5.41) is 8.68. The van der Waals surface area contributed by atoms with Gasteiger partial charge in [0.15, 0.2) is 0 Å². The van der Waals surface area contributed by atoms with Crippen LogP contribution in [0.1, 0.15) is 33.6 Å². The first-order valence-electron chi connectivity index (χ1n) is 4.26. The van der Waals surface area contributed by atoms with Crippen molar-refractivity contribution >= 4 is 0 Å². The third kappa shape index (κ3) is 5.02. The van der Waals surface area contributed by atoms with E-state index in [1.807, 2.05) is 6.08 Å². The first kappa shape index (κ1) is 10.7. The highest BCUT2D eigenvalue weighted by molar-refractivity contribution is 4.88. The van der Waals surface area contributed by atoms with E-state index >= 15 is 0 Å². The number of hydrogen-bond acceptors (Lipinski definition) is 1. The van der Waals surface area contributed by atoms with Gasteiger partial charge in [-0.1, -0.05) is 26.8 Å². The zero-order valence-corrected chi connectivity index (χ0v) is 7.93. The first-order chi connectivity index (χ1) is 5.02. The predicted octanol–water partition coefficient (Wildman–Crippen LogP) is 2.61. The van der Waals surface area contributed by atoms with Gasteiger partial charge in [0.25, 0.3) is 0 Å². The summed E-state index contributed by atoms with van der Waals surface area (Å²) >= 11 is 0. The molecule has 0 heterocycles. The van der Waals surface area contributed by atoms with Gasteiger partial charge in [0, 0.05) is 6.61 Å². The Balaban J connectivity index is 3.72. The second-order valence-electron chi connectivity index (χ2n) is 4.01. The Hall–Kier alpha value is -0.300. The number of hydrogen-bond donors (Lipinski definition) is 1. The van der Waals surface area contributed by atoms with E-state index in [1.165, 1.54) is 0 Å².